The maximum absolute atomic E-state index is 11.2. The molecule has 0 aliphatic heterocycles. The summed E-state index contributed by atoms with van der Waals surface area (Å²) in [5, 5.41) is 28.8. The highest BCUT2D eigenvalue weighted by Crippen LogP contribution is 2.31. The largest absolute Gasteiger partial charge is 0.478 e. The van der Waals surface area contributed by atoms with Crippen molar-refractivity contribution < 1.29 is 29.6 Å². The zero-order valence-electron chi connectivity index (χ0n) is 18.0. The summed E-state index contributed by atoms with van der Waals surface area (Å²) in [7, 11) is 0. The first-order valence-corrected chi connectivity index (χ1v) is 10.7. The molecular weight excluding hydrogens is 422 g/mol. The van der Waals surface area contributed by atoms with Crippen LogP contribution in [0.1, 0.15) is 57.0 Å². The van der Waals surface area contributed by atoms with Crippen molar-refractivity contribution in [3.63, 3.8) is 0 Å². The zero-order valence-corrected chi connectivity index (χ0v) is 18.0. The van der Waals surface area contributed by atoms with Gasteiger partial charge in [-0.2, -0.15) is 0 Å². The van der Waals surface area contributed by atoms with E-state index in [1.54, 1.807) is 60.7 Å². The summed E-state index contributed by atoms with van der Waals surface area (Å²) in [4.78, 5) is 22.4. The van der Waals surface area contributed by atoms with E-state index in [0.29, 0.717) is 25.0 Å². The zero-order chi connectivity index (χ0) is 23.8. The number of carbonyl (C=O) groups is 2. The molecule has 0 amide bonds. The Hall–Kier alpha value is -3.68. The van der Waals surface area contributed by atoms with Crippen LogP contribution in [0.15, 0.2) is 78.9 Å². The number of hydrogen-bond acceptors (Lipinski definition) is 5. The van der Waals surface area contributed by atoms with E-state index in [2.05, 4.69) is 0 Å². The van der Waals surface area contributed by atoms with Gasteiger partial charge in [-0.1, -0.05) is 42.5 Å². The molecule has 33 heavy (non-hydrogen) atoms. The fourth-order valence-electron chi connectivity index (χ4n) is 3.67. The Kier molecular flexibility index (Phi) is 8.18. The Morgan fingerprint density at radius 2 is 1.24 bits per heavy atom. The highest BCUT2D eigenvalue weighted by atomic mass is 16.5. The number of hydrogen-bond donors (Lipinski definition) is 4. The Balaban J connectivity index is 1.69. The molecule has 0 bridgehead atoms. The van der Waals surface area contributed by atoms with Crippen molar-refractivity contribution >= 4 is 11.9 Å². The molecule has 0 saturated heterocycles. The molecule has 7 heteroatoms. The molecule has 0 aromatic heterocycles. The number of aliphatic hydroxyl groups excluding tert-OH is 1. The number of aromatic carboxylic acids is 2. The first-order valence-electron chi connectivity index (χ1n) is 10.7. The van der Waals surface area contributed by atoms with E-state index in [-0.39, 0.29) is 17.0 Å². The molecule has 0 fully saturated rings. The van der Waals surface area contributed by atoms with Crippen LogP contribution >= 0.6 is 0 Å². The summed E-state index contributed by atoms with van der Waals surface area (Å²) in [5.41, 5.74) is 8.19. The van der Waals surface area contributed by atoms with Crippen molar-refractivity contribution in [3.05, 3.63) is 101 Å². The fraction of sp³-hybridized carbons (Fsp3) is 0.231. The summed E-state index contributed by atoms with van der Waals surface area (Å²) >= 11 is 0. The smallest absolute Gasteiger partial charge is 0.335 e. The van der Waals surface area contributed by atoms with Gasteiger partial charge in [0.15, 0.2) is 6.23 Å². The Labute approximate surface area is 192 Å². The maximum atomic E-state index is 11.2. The third-order valence-corrected chi connectivity index (χ3v) is 5.51. The number of carboxylic acids is 2. The van der Waals surface area contributed by atoms with Crippen LogP contribution in [0, 0.1) is 0 Å². The molecule has 0 heterocycles. The SMILES string of the molecule is NC(Oc1ccccc1)[C@@H](O)CCCC(c1ccc(C(=O)O)cc1)c1ccc(C(=O)O)cc1. The molecule has 3 rings (SSSR count). The minimum Gasteiger partial charge on any atom is -0.478 e. The normalized spacial score (nSPS) is 12.8. The van der Waals surface area contributed by atoms with E-state index < -0.39 is 24.3 Å². The van der Waals surface area contributed by atoms with E-state index in [0.717, 1.165) is 11.1 Å². The predicted molar refractivity (Wildman–Crippen MR) is 124 cm³/mol. The van der Waals surface area contributed by atoms with Crippen molar-refractivity contribution in [1.82, 2.24) is 0 Å². The van der Waals surface area contributed by atoms with Crippen LogP contribution in [-0.4, -0.2) is 39.6 Å². The van der Waals surface area contributed by atoms with Gasteiger partial charge >= 0.3 is 11.9 Å². The molecule has 5 N–H and O–H groups in total. The minimum absolute atomic E-state index is 0.103. The van der Waals surface area contributed by atoms with Crippen LogP contribution < -0.4 is 10.5 Å². The van der Waals surface area contributed by atoms with Gasteiger partial charge in [0.1, 0.15) is 11.9 Å². The topological polar surface area (TPSA) is 130 Å². The lowest BCUT2D eigenvalue weighted by Crippen LogP contribution is -2.39. The molecule has 172 valence electrons. The summed E-state index contributed by atoms with van der Waals surface area (Å²) in [6, 6.07) is 22.3. The number of carboxylic acid groups (broad SMARTS) is 2. The van der Waals surface area contributed by atoms with Crippen LogP contribution in [0.2, 0.25) is 0 Å². The van der Waals surface area contributed by atoms with E-state index in [1.807, 2.05) is 18.2 Å². The molecule has 0 aliphatic rings. The van der Waals surface area contributed by atoms with Crippen LogP contribution in [0.5, 0.6) is 5.75 Å². The third kappa shape index (κ3) is 6.65. The van der Waals surface area contributed by atoms with Gasteiger partial charge in [0.2, 0.25) is 0 Å². The summed E-state index contributed by atoms with van der Waals surface area (Å²) in [6.07, 6.45) is -0.0528. The number of rotatable bonds is 11. The predicted octanol–water partition coefficient (Wildman–Crippen LogP) is 4.11. The monoisotopic (exact) mass is 449 g/mol. The fourth-order valence-corrected chi connectivity index (χ4v) is 3.67. The Morgan fingerprint density at radius 1 is 0.758 bits per heavy atom. The van der Waals surface area contributed by atoms with Crippen LogP contribution in [0.25, 0.3) is 0 Å². The quantitative estimate of drug-likeness (QED) is 0.324. The van der Waals surface area contributed by atoms with Crippen molar-refractivity contribution in [2.45, 2.75) is 37.5 Å². The number of nitrogens with two attached hydrogens (primary N) is 1. The average Bonchev–Trinajstić information content (AvgIpc) is 2.82. The van der Waals surface area contributed by atoms with E-state index >= 15 is 0 Å². The average molecular weight is 450 g/mol. The van der Waals surface area contributed by atoms with Gasteiger partial charge in [0, 0.05) is 5.92 Å². The maximum Gasteiger partial charge on any atom is 0.335 e. The number of benzene rings is 3. The molecule has 2 atom stereocenters. The van der Waals surface area contributed by atoms with Crippen molar-refractivity contribution in [3.8, 4) is 5.75 Å². The van der Waals surface area contributed by atoms with E-state index in [1.165, 1.54) is 0 Å². The Morgan fingerprint density at radius 3 is 1.70 bits per heavy atom. The molecule has 3 aromatic rings. The third-order valence-electron chi connectivity index (χ3n) is 5.51. The molecule has 7 nitrogen and oxygen atoms in total. The molecular formula is C26H27NO6. The molecule has 0 spiro atoms. The highest BCUT2D eigenvalue weighted by Gasteiger charge is 2.20. The lowest BCUT2D eigenvalue weighted by atomic mass is 9.86. The summed E-state index contributed by atoms with van der Waals surface area (Å²) in [5.74, 6) is -1.52. The standard InChI is InChI=1S/C26H27NO6/c27-24(33-21-5-2-1-3-6-21)23(28)8-4-7-22(17-9-13-19(14-10-17)25(29)30)18-11-15-20(16-12-18)26(31)32/h1-3,5-6,9-16,22-24,28H,4,7-8,27H2,(H,29,30)(H,31,32)/t23-,24?/m0/s1. The molecule has 0 aliphatic carbocycles. The van der Waals surface area contributed by atoms with Gasteiger partial charge in [-0.15, -0.1) is 0 Å². The van der Waals surface area contributed by atoms with E-state index in [9.17, 15) is 14.7 Å². The first-order chi connectivity index (χ1) is 15.8. The van der Waals surface area contributed by atoms with Crippen molar-refractivity contribution in [2.75, 3.05) is 0 Å². The van der Waals surface area contributed by atoms with Gasteiger partial charge in [0.25, 0.3) is 0 Å². The lowest BCUT2D eigenvalue weighted by molar-refractivity contribution is 0.0329. The number of para-hydroxylation sites is 1. The van der Waals surface area contributed by atoms with Gasteiger partial charge < -0.3 is 20.1 Å². The minimum atomic E-state index is -1.00. The Bertz CT molecular complexity index is 993. The van der Waals surface area contributed by atoms with Gasteiger partial charge in [-0.05, 0) is 66.8 Å². The number of ether oxygens (including phenoxy) is 1. The summed E-state index contributed by atoms with van der Waals surface area (Å²) < 4.78 is 5.59. The summed E-state index contributed by atoms with van der Waals surface area (Å²) in [6.45, 7) is 0. The van der Waals surface area contributed by atoms with Gasteiger partial charge in [-0.3, -0.25) is 5.73 Å². The van der Waals surface area contributed by atoms with Crippen molar-refractivity contribution in [1.29, 1.82) is 0 Å². The molecule has 1 unspecified atom stereocenters. The van der Waals surface area contributed by atoms with Gasteiger partial charge in [0.05, 0.1) is 11.1 Å². The number of aliphatic hydroxyl groups is 1. The second kappa shape index (κ2) is 11.3. The molecule has 0 radical (unpaired) electrons. The molecule has 0 saturated carbocycles. The van der Waals surface area contributed by atoms with Crippen LogP contribution in [0.3, 0.4) is 0 Å². The van der Waals surface area contributed by atoms with Crippen molar-refractivity contribution in [2.24, 2.45) is 5.73 Å². The lowest BCUT2D eigenvalue weighted by Gasteiger charge is -2.22. The van der Waals surface area contributed by atoms with Crippen LogP contribution in [0.4, 0.5) is 0 Å². The van der Waals surface area contributed by atoms with E-state index in [4.69, 9.17) is 20.7 Å². The second-order valence-corrected chi connectivity index (χ2v) is 7.80. The second-order valence-electron chi connectivity index (χ2n) is 7.80. The highest BCUT2D eigenvalue weighted by molar-refractivity contribution is 5.88. The van der Waals surface area contributed by atoms with Gasteiger partial charge in [-0.25, -0.2) is 9.59 Å². The first kappa shape index (κ1) is 24.0. The molecule has 3 aromatic carbocycles. The van der Waals surface area contributed by atoms with Crippen LogP contribution in [-0.2, 0) is 0 Å².